The van der Waals surface area contributed by atoms with Gasteiger partial charge in [-0.15, -0.1) is 0 Å². The lowest BCUT2D eigenvalue weighted by Crippen LogP contribution is -2.50. The molecule has 1 aliphatic heterocycles. The van der Waals surface area contributed by atoms with Crippen LogP contribution in [0.3, 0.4) is 0 Å². The molecule has 136 valence electrons. The zero-order valence-electron chi connectivity index (χ0n) is 14.6. The van der Waals surface area contributed by atoms with Crippen LogP contribution in [0.2, 0.25) is 5.02 Å². The van der Waals surface area contributed by atoms with Gasteiger partial charge in [-0.25, -0.2) is 4.98 Å². The maximum Gasteiger partial charge on any atom is 0.272 e. The van der Waals surface area contributed by atoms with Gasteiger partial charge >= 0.3 is 0 Å². The molecule has 0 unspecified atom stereocenters. The summed E-state index contributed by atoms with van der Waals surface area (Å²) in [6.45, 7) is 1.95. The van der Waals surface area contributed by atoms with E-state index >= 15 is 0 Å². The number of carbonyl (C=O) groups excluding carboxylic acids is 2. The van der Waals surface area contributed by atoms with Crippen LogP contribution in [0.25, 0.3) is 10.9 Å². The molecule has 27 heavy (non-hydrogen) atoms. The van der Waals surface area contributed by atoms with Gasteiger partial charge in [0.05, 0.1) is 5.52 Å². The van der Waals surface area contributed by atoms with Crippen molar-refractivity contribution in [2.75, 3.05) is 26.2 Å². The van der Waals surface area contributed by atoms with Crippen LogP contribution in [0.5, 0.6) is 0 Å². The zero-order chi connectivity index (χ0) is 18.8. The summed E-state index contributed by atoms with van der Waals surface area (Å²) in [7, 11) is 0. The summed E-state index contributed by atoms with van der Waals surface area (Å²) >= 11 is 5.97. The molecule has 2 amide bonds. The van der Waals surface area contributed by atoms with E-state index in [1.807, 2.05) is 30.3 Å². The Morgan fingerprint density at radius 3 is 2.26 bits per heavy atom. The first-order chi connectivity index (χ1) is 13.1. The molecule has 5 nitrogen and oxygen atoms in total. The lowest BCUT2D eigenvalue weighted by Gasteiger charge is -2.34. The molecule has 4 rings (SSSR count). The summed E-state index contributed by atoms with van der Waals surface area (Å²) in [4.78, 5) is 33.4. The Balaban J connectivity index is 1.43. The molecule has 0 radical (unpaired) electrons. The van der Waals surface area contributed by atoms with Gasteiger partial charge in [0.25, 0.3) is 11.8 Å². The van der Waals surface area contributed by atoms with E-state index in [0.717, 1.165) is 10.9 Å². The Morgan fingerprint density at radius 2 is 1.52 bits per heavy atom. The smallest absolute Gasteiger partial charge is 0.272 e. The van der Waals surface area contributed by atoms with E-state index < -0.39 is 0 Å². The van der Waals surface area contributed by atoms with Gasteiger partial charge in [0.1, 0.15) is 5.69 Å². The largest absolute Gasteiger partial charge is 0.335 e. The van der Waals surface area contributed by atoms with Crippen LogP contribution < -0.4 is 0 Å². The van der Waals surface area contributed by atoms with Gasteiger partial charge in [0, 0.05) is 42.2 Å². The Bertz CT molecular complexity index is 1010. The third-order valence-electron chi connectivity index (χ3n) is 4.74. The van der Waals surface area contributed by atoms with Crippen molar-refractivity contribution in [1.29, 1.82) is 0 Å². The maximum absolute atomic E-state index is 12.8. The molecular formula is C21H18ClN3O2. The second kappa shape index (κ2) is 7.37. The number of nitrogens with zero attached hydrogens (tertiary/aromatic N) is 3. The van der Waals surface area contributed by atoms with Gasteiger partial charge in [0.2, 0.25) is 0 Å². The minimum absolute atomic E-state index is 0.0616. The molecule has 0 spiro atoms. The zero-order valence-corrected chi connectivity index (χ0v) is 15.4. The molecule has 1 saturated heterocycles. The molecule has 0 bridgehead atoms. The average Bonchev–Trinajstić information content (AvgIpc) is 2.72. The third-order valence-corrected chi connectivity index (χ3v) is 4.98. The van der Waals surface area contributed by atoms with Crippen molar-refractivity contribution in [2.24, 2.45) is 0 Å². The molecule has 0 aliphatic carbocycles. The van der Waals surface area contributed by atoms with Gasteiger partial charge in [0.15, 0.2) is 0 Å². The van der Waals surface area contributed by atoms with Gasteiger partial charge in [-0.05, 0) is 30.3 Å². The number of fused-ring (bicyclic) bond motifs is 1. The predicted molar refractivity (Wildman–Crippen MR) is 105 cm³/mol. The van der Waals surface area contributed by atoms with Crippen molar-refractivity contribution in [3.63, 3.8) is 0 Å². The van der Waals surface area contributed by atoms with E-state index in [2.05, 4.69) is 4.98 Å². The van der Waals surface area contributed by atoms with Crippen LogP contribution in [0.4, 0.5) is 0 Å². The lowest BCUT2D eigenvalue weighted by molar-refractivity contribution is 0.0532. The Morgan fingerprint density at radius 1 is 0.815 bits per heavy atom. The number of pyridine rings is 1. The van der Waals surface area contributed by atoms with Gasteiger partial charge in [-0.3, -0.25) is 9.59 Å². The number of carbonyl (C=O) groups is 2. The molecule has 2 aromatic carbocycles. The quantitative estimate of drug-likeness (QED) is 0.685. The minimum atomic E-state index is -0.101. The SMILES string of the molecule is O=C(c1cccc(Cl)c1)N1CCN(C(=O)c2ccc3ccccc3n2)CC1. The highest BCUT2D eigenvalue weighted by atomic mass is 35.5. The highest BCUT2D eigenvalue weighted by Gasteiger charge is 2.26. The van der Waals surface area contributed by atoms with E-state index in [0.29, 0.717) is 42.5 Å². The van der Waals surface area contributed by atoms with Crippen LogP contribution in [0.15, 0.2) is 60.7 Å². The predicted octanol–water partition coefficient (Wildman–Crippen LogP) is 3.49. The lowest BCUT2D eigenvalue weighted by atomic mass is 10.1. The van der Waals surface area contributed by atoms with Crippen LogP contribution in [0, 0.1) is 0 Å². The van der Waals surface area contributed by atoms with Crippen LogP contribution in [0.1, 0.15) is 20.8 Å². The highest BCUT2D eigenvalue weighted by molar-refractivity contribution is 6.30. The molecule has 1 aromatic heterocycles. The Hall–Kier alpha value is -2.92. The number of rotatable bonds is 2. The third kappa shape index (κ3) is 3.64. The Kier molecular flexibility index (Phi) is 4.77. The number of aromatic nitrogens is 1. The second-order valence-corrected chi connectivity index (χ2v) is 6.92. The standard InChI is InChI=1S/C21H18ClN3O2/c22-17-6-3-5-16(14-17)20(26)24-10-12-25(13-11-24)21(27)19-9-8-15-4-1-2-7-18(15)23-19/h1-9,14H,10-13H2. The number of para-hydroxylation sites is 1. The van der Waals surface area contributed by atoms with Gasteiger partial charge in [-0.2, -0.15) is 0 Å². The summed E-state index contributed by atoms with van der Waals surface area (Å²) in [5, 5.41) is 1.54. The van der Waals surface area contributed by atoms with E-state index in [9.17, 15) is 9.59 Å². The summed E-state index contributed by atoms with van der Waals surface area (Å²) in [6.07, 6.45) is 0. The number of benzene rings is 2. The Labute approximate surface area is 162 Å². The molecule has 3 aromatic rings. The van der Waals surface area contributed by atoms with Crippen molar-refractivity contribution >= 4 is 34.3 Å². The number of halogens is 1. The first kappa shape index (κ1) is 17.5. The van der Waals surface area contributed by atoms with E-state index in [-0.39, 0.29) is 11.8 Å². The monoisotopic (exact) mass is 379 g/mol. The van der Waals surface area contributed by atoms with Crippen LogP contribution in [-0.4, -0.2) is 52.8 Å². The fourth-order valence-corrected chi connectivity index (χ4v) is 3.45. The fraction of sp³-hybridized carbons (Fsp3) is 0.190. The molecule has 1 aliphatic rings. The molecule has 2 heterocycles. The second-order valence-electron chi connectivity index (χ2n) is 6.48. The average molecular weight is 380 g/mol. The number of piperazine rings is 1. The first-order valence-corrected chi connectivity index (χ1v) is 9.19. The normalized spacial score (nSPS) is 14.4. The highest BCUT2D eigenvalue weighted by Crippen LogP contribution is 2.16. The van der Waals surface area contributed by atoms with Gasteiger partial charge < -0.3 is 9.80 Å². The van der Waals surface area contributed by atoms with Crippen LogP contribution in [-0.2, 0) is 0 Å². The van der Waals surface area contributed by atoms with Crippen molar-refractivity contribution in [1.82, 2.24) is 14.8 Å². The van der Waals surface area contributed by atoms with E-state index in [4.69, 9.17) is 11.6 Å². The summed E-state index contributed by atoms with van der Waals surface area (Å²) in [6, 6.07) is 18.3. The molecule has 1 fully saturated rings. The summed E-state index contributed by atoms with van der Waals surface area (Å²) in [5.74, 6) is -0.163. The first-order valence-electron chi connectivity index (χ1n) is 8.82. The van der Waals surface area contributed by atoms with Crippen molar-refractivity contribution in [3.05, 3.63) is 76.9 Å². The fourth-order valence-electron chi connectivity index (χ4n) is 3.26. The minimum Gasteiger partial charge on any atom is -0.335 e. The number of amides is 2. The molecular weight excluding hydrogens is 362 g/mol. The molecule has 0 saturated carbocycles. The number of hydrogen-bond acceptors (Lipinski definition) is 3. The topological polar surface area (TPSA) is 53.5 Å². The summed E-state index contributed by atoms with van der Waals surface area (Å²) < 4.78 is 0. The van der Waals surface area contributed by atoms with Gasteiger partial charge in [-0.1, -0.05) is 41.9 Å². The van der Waals surface area contributed by atoms with Crippen molar-refractivity contribution in [2.45, 2.75) is 0 Å². The van der Waals surface area contributed by atoms with Crippen molar-refractivity contribution in [3.8, 4) is 0 Å². The van der Waals surface area contributed by atoms with E-state index in [1.54, 1.807) is 40.1 Å². The molecule has 0 N–H and O–H groups in total. The number of hydrogen-bond donors (Lipinski definition) is 0. The summed E-state index contributed by atoms with van der Waals surface area (Å²) in [5.41, 5.74) is 1.81. The maximum atomic E-state index is 12.8. The van der Waals surface area contributed by atoms with E-state index in [1.165, 1.54) is 0 Å². The molecule has 6 heteroatoms. The van der Waals surface area contributed by atoms with Crippen LogP contribution >= 0.6 is 11.6 Å². The molecule has 0 atom stereocenters. The van der Waals surface area contributed by atoms with Crippen molar-refractivity contribution < 1.29 is 9.59 Å².